The Labute approximate surface area is 216 Å². The normalized spacial score (nSPS) is 14.0. The van der Waals surface area contributed by atoms with Crippen LogP contribution in [0.5, 0.6) is 0 Å². The lowest BCUT2D eigenvalue weighted by molar-refractivity contribution is -0.141. The van der Waals surface area contributed by atoms with Crippen LogP contribution in [-0.4, -0.2) is 42.0 Å². The van der Waals surface area contributed by atoms with Crippen LogP contribution in [-0.2, 0) is 10.9 Å². The van der Waals surface area contributed by atoms with Gasteiger partial charge in [0.25, 0.3) is 5.91 Å². The number of hydrogen-bond acceptors (Lipinski definition) is 4. The van der Waals surface area contributed by atoms with Gasteiger partial charge in [-0.1, -0.05) is 35.9 Å². The standard InChI is InChI=1S/C27H22ClF3N4O2/c28-22-3-1-2-4-23(22)35-24(17-25(33-35)27(29,30)31)18-5-7-19(8-6-18)26(36)32-20-9-11-21(12-10-20)34-13-15-37-16-14-34/h1-12,17H,13-16H2,(H,32,36). The van der Waals surface area contributed by atoms with Gasteiger partial charge in [-0.05, 0) is 54.6 Å². The van der Waals surface area contributed by atoms with Gasteiger partial charge < -0.3 is 15.0 Å². The van der Waals surface area contributed by atoms with Crippen LogP contribution in [0.25, 0.3) is 16.9 Å². The summed E-state index contributed by atoms with van der Waals surface area (Å²) < 4.78 is 46.9. The first-order chi connectivity index (χ1) is 17.8. The van der Waals surface area contributed by atoms with E-state index in [2.05, 4.69) is 15.3 Å². The molecule has 0 saturated carbocycles. The van der Waals surface area contributed by atoms with E-state index in [0.29, 0.717) is 35.7 Å². The monoisotopic (exact) mass is 526 g/mol. The van der Waals surface area contributed by atoms with Gasteiger partial charge in [0, 0.05) is 35.6 Å². The molecule has 0 atom stereocenters. The molecule has 1 aliphatic heterocycles. The van der Waals surface area contributed by atoms with Crippen molar-refractivity contribution in [2.75, 3.05) is 36.5 Å². The van der Waals surface area contributed by atoms with Crippen molar-refractivity contribution < 1.29 is 22.7 Å². The minimum atomic E-state index is -4.63. The predicted octanol–water partition coefficient (Wildman–Crippen LogP) is 6.30. The van der Waals surface area contributed by atoms with Crippen LogP contribution in [0.4, 0.5) is 24.5 Å². The van der Waals surface area contributed by atoms with Crippen LogP contribution in [0.15, 0.2) is 78.9 Å². The maximum Gasteiger partial charge on any atom is 0.435 e. The van der Waals surface area contributed by atoms with Crippen LogP contribution in [0.3, 0.4) is 0 Å². The zero-order valence-corrected chi connectivity index (χ0v) is 20.3. The number of carbonyl (C=O) groups excluding carboxylic acids is 1. The largest absolute Gasteiger partial charge is 0.435 e. The smallest absolute Gasteiger partial charge is 0.378 e. The van der Waals surface area contributed by atoms with Gasteiger partial charge in [-0.2, -0.15) is 18.3 Å². The Kier molecular flexibility index (Phi) is 6.90. The summed E-state index contributed by atoms with van der Waals surface area (Å²) in [4.78, 5) is 15.0. The quantitative estimate of drug-likeness (QED) is 0.331. The summed E-state index contributed by atoms with van der Waals surface area (Å²) in [6, 6.07) is 21.3. The van der Waals surface area contributed by atoms with Crippen LogP contribution in [0.2, 0.25) is 5.02 Å². The van der Waals surface area contributed by atoms with Gasteiger partial charge in [0.2, 0.25) is 0 Å². The number of halogens is 4. The van der Waals surface area contributed by atoms with Crippen molar-refractivity contribution in [1.82, 2.24) is 9.78 Å². The molecule has 0 bridgehead atoms. The van der Waals surface area contributed by atoms with Gasteiger partial charge in [0.15, 0.2) is 5.69 Å². The van der Waals surface area contributed by atoms with Crippen molar-refractivity contribution in [3.8, 4) is 16.9 Å². The molecular weight excluding hydrogens is 505 g/mol. The molecule has 6 nitrogen and oxygen atoms in total. The van der Waals surface area contributed by atoms with E-state index in [1.165, 1.54) is 0 Å². The molecule has 0 spiro atoms. The van der Waals surface area contributed by atoms with E-state index < -0.39 is 11.9 Å². The van der Waals surface area contributed by atoms with Gasteiger partial charge in [-0.3, -0.25) is 4.79 Å². The van der Waals surface area contributed by atoms with Crippen LogP contribution in [0, 0.1) is 0 Å². The van der Waals surface area contributed by atoms with Crippen molar-refractivity contribution in [2.45, 2.75) is 6.18 Å². The zero-order chi connectivity index (χ0) is 26.0. The summed E-state index contributed by atoms with van der Waals surface area (Å²) in [7, 11) is 0. The number of ether oxygens (including phenoxy) is 1. The average molecular weight is 527 g/mol. The molecule has 3 aromatic carbocycles. The third-order valence-electron chi connectivity index (χ3n) is 6.02. The average Bonchev–Trinajstić information content (AvgIpc) is 3.36. The van der Waals surface area contributed by atoms with Crippen molar-refractivity contribution >= 4 is 28.9 Å². The Balaban J connectivity index is 1.36. The Morgan fingerprint density at radius 1 is 0.946 bits per heavy atom. The number of para-hydroxylation sites is 1. The number of amides is 1. The van der Waals surface area contributed by atoms with Gasteiger partial charge in [-0.25, -0.2) is 4.68 Å². The number of nitrogens with one attached hydrogen (secondary N) is 1. The number of nitrogens with zero attached hydrogens (tertiary/aromatic N) is 3. The molecule has 1 N–H and O–H groups in total. The number of rotatable bonds is 5. The predicted molar refractivity (Wildman–Crippen MR) is 136 cm³/mol. The molecule has 37 heavy (non-hydrogen) atoms. The highest BCUT2D eigenvalue weighted by Gasteiger charge is 2.35. The molecule has 1 amide bonds. The first-order valence-electron chi connectivity index (χ1n) is 11.6. The second kappa shape index (κ2) is 10.3. The van der Waals surface area contributed by atoms with Crippen LogP contribution in [0.1, 0.15) is 16.1 Å². The van der Waals surface area contributed by atoms with Crippen molar-refractivity contribution in [3.05, 3.63) is 95.1 Å². The van der Waals surface area contributed by atoms with E-state index in [-0.39, 0.29) is 16.6 Å². The molecule has 5 rings (SSSR count). The second-order valence-electron chi connectivity index (χ2n) is 8.45. The summed E-state index contributed by atoms with van der Waals surface area (Å²) >= 11 is 6.24. The first-order valence-corrected chi connectivity index (χ1v) is 11.9. The summed E-state index contributed by atoms with van der Waals surface area (Å²) in [5.74, 6) is -0.332. The van der Waals surface area contributed by atoms with Crippen LogP contribution < -0.4 is 10.2 Å². The minimum absolute atomic E-state index is 0.200. The molecule has 0 unspecified atom stereocenters. The fourth-order valence-electron chi connectivity index (χ4n) is 4.11. The molecule has 190 valence electrons. The lowest BCUT2D eigenvalue weighted by Crippen LogP contribution is -2.36. The van der Waals surface area contributed by atoms with E-state index >= 15 is 0 Å². The maximum atomic E-state index is 13.5. The lowest BCUT2D eigenvalue weighted by atomic mass is 10.1. The zero-order valence-electron chi connectivity index (χ0n) is 19.5. The number of alkyl halides is 3. The highest BCUT2D eigenvalue weighted by molar-refractivity contribution is 6.32. The maximum absolute atomic E-state index is 13.5. The van der Waals surface area contributed by atoms with E-state index in [1.54, 1.807) is 48.5 Å². The Morgan fingerprint density at radius 2 is 1.62 bits per heavy atom. The SMILES string of the molecule is O=C(Nc1ccc(N2CCOCC2)cc1)c1ccc(-c2cc(C(F)(F)F)nn2-c2ccccc2Cl)cc1. The number of hydrogen-bond donors (Lipinski definition) is 1. The number of morpholine rings is 1. The molecule has 1 aliphatic rings. The van der Waals surface area contributed by atoms with Gasteiger partial charge in [0.1, 0.15) is 0 Å². The number of carbonyl (C=O) groups is 1. The summed E-state index contributed by atoms with van der Waals surface area (Å²) in [6.07, 6.45) is -4.63. The van der Waals surface area contributed by atoms with E-state index in [4.69, 9.17) is 16.3 Å². The summed E-state index contributed by atoms with van der Waals surface area (Å²) in [5, 5.41) is 6.87. The van der Waals surface area contributed by atoms with E-state index in [9.17, 15) is 18.0 Å². The van der Waals surface area contributed by atoms with Gasteiger partial charge >= 0.3 is 6.18 Å². The summed E-state index contributed by atoms with van der Waals surface area (Å²) in [5.41, 5.74) is 1.99. The highest BCUT2D eigenvalue weighted by Crippen LogP contribution is 2.34. The molecule has 10 heteroatoms. The fraction of sp³-hybridized carbons (Fsp3) is 0.185. The molecule has 4 aromatic rings. The Bertz CT molecular complexity index is 1400. The number of anilines is 2. The first kappa shape index (κ1) is 24.9. The Morgan fingerprint density at radius 3 is 2.27 bits per heavy atom. The third kappa shape index (κ3) is 5.47. The molecule has 0 aliphatic carbocycles. The second-order valence-corrected chi connectivity index (χ2v) is 8.86. The third-order valence-corrected chi connectivity index (χ3v) is 6.34. The van der Waals surface area contributed by atoms with Gasteiger partial charge in [-0.15, -0.1) is 0 Å². The molecule has 1 aromatic heterocycles. The number of aromatic nitrogens is 2. The van der Waals surface area contributed by atoms with E-state index in [1.807, 2.05) is 24.3 Å². The molecule has 2 heterocycles. The number of benzene rings is 3. The topological polar surface area (TPSA) is 59.4 Å². The van der Waals surface area contributed by atoms with Crippen molar-refractivity contribution in [3.63, 3.8) is 0 Å². The Hall–Kier alpha value is -3.82. The van der Waals surface area contributed by atoms with Crippen molar-refractivity contribution in [1.29, 1.82) is 0 Å². The summed E-state index contributed by atoms with van der Waals surface area (Å²) in [6.45, 7) is 3.01. The molecule has 1 fully saturated rings. The minimum Gasteiger partial charge on any atom is -0.378 e. The fourth-order valence-corrected chi connectivity index (χ4v) is 4.32. The lowest BCUT2D eigenvalue weighted by Gasteiger charge is -2.28. The van der Waals surface area contributed by atoms with Crippen molar-refractivity contribution in [2.24, 2.45) is 0 Å². The molecule has 1 saturated heterocycles. The highest BCUT2D eigenvalue weighted by atomic mass is 35.5. The molecular formula is C27H22ClF3N4O2. The van der Waals surface area contributed by atoms with Crippen LogP contribution >= 0.6 is 11.6 Å². The van der Waals surface area contributed by atoms with Gasteiger partial charge in [0.05, 0.1) is 29.6 Å². The van der Waals surface area contributed by atoms with E-state index in [0.717, 1.165) is 29.5 Å². The molecule has 0 radical (unpaired) electrons.